The lowest BCUT2D eigenvalue weighted by Gasteiger charge is -2.06. The van der Waals surface area contributed by atoms with Crippen LogP contribution < -0.4 is 15.4 Å². The van der Waals surface area contributed by atoms with E-state index in [1.807, 2.05) is 0 Å². The highest BCUT2D eigenvalue weighted by Gasteiger charge is 2.04. The van der Waals surface area contributed by atoms with E-state index in [2.05, 4.69) is 10.6 Å². The second-order valence-electron chi connectivity index (χ2n) is 6.07. The van der Waals surface area contributed by atoms with Gasteiger partial charge in [0.2, 0.25) is 5.91 Å². The molecule has 0 saturated carbocycles. The van der Waals surface area contributed by atoms with Gasteiger partial charge in [0.25, 0.3) is 5.91 Å². The largest absolute Gasteiger partial charge is 0.508 e. The molecule has 2 amide bonds. The first-order valence-corrected chi connectivity index (χ1v) is 8.90. The summed E-state index contributed by atoms with van der Waals surface area (Å²) in [4.78, 5) is 23.7. The van der Waals surface area contributed by atoms with Crippen LogP contribution >= 0.6 is 0 Å². The summed E-state index contributed by atoms with van der Waals surface area (Å²) >= 11 is 0. The Balaban J connectivity index is 1.63. The first kappa shape index (κ1) is 20.8. The second kappa shape index (κ2) is 10.6. The molecule has 2 rings (SSSR count). The van der Waals surface area contributed by atoms with Gasteiger partial charge in [-0.15, -0.1) is 0 Å². The fraction of sp³-hybridized carbons (Fsp3) is 0.238. The van der Waals surface area contributed by atoms with Crippen LogP contribution in [0.5, 0.6) is 17.2 Å². The third-order valence-electron chi connectivity index (χ3n) is 3.95. The van der Waals surface area contributed by atoms with Gasteiger partial charge in [0.1, 0.15) is 5.75 Å². The van der Waals surface area contributed by atoms with Gasteiger partial charge >= 0.3 is 0 Å². The Morgan fingerprint density at radius 2 is 1.68 bits per heavy atom. The fourth-order valence-corrected chi connectivity index (χ4v) is 2.41. The van der Waals surface area contributed by atoms with Crippen LogP contribution in [0.4, 0.5) is 0 Å². The van der Waals surface area contributed by atoms with Gasteiger partial charge in [0.05, 0.1) is 7.11 Å². The van der Waals surface area contributed by atoms with E-state index in [-0.39, 0.29) is 23.3 Å². The SMILES string of the molecule is COc1cc(/C=C/C(=O)NCCCCNC(=O)c2ccc(O)cc2)ccc1O. The van der Waals surface area contributed by atoms with Gasteiger partial charge in [-0.2, -0.15) is 0 Å². The number of phenols is 2. The predicted molar refractivity (Wildman–Crippen MR) is 106 cm³/mol. The highest BCUT2D eigenvalue weighted by atomic mass is 16.5. The van der Waals surface area contributed by atoms with Crippen molar-refractivity contribution < 1.29 is 24.5 Å². The predicted octanol–water partition coefficient (Wildman–Crippen LogP) is 2.45. The molecule has 2 aromatic carbocycles. The standard InChI is InChI=1S/C21H24N2O5/c1-28-19-14-15(4-10-18(19)25)5-11-20(26)22-12-2-3-13-23-21(27)16-6-8-17(24)9-7-16/h4-11,14,24-25H,2-3,12-13H2,1H3,(H,22,26)(H,23,27)/b11-5+. The van der Waals surface area contributed by atoms with Crippen LogP contribution in [-0.4, -0.2) is 42.2 Å². The molecule has 2 aromatic rings. The van der Waals surface area contributed by atoms with E-state index >= 15 is 0 Å². The first-order valence-electron chi connectivity index (χ1n) is 8.90. The number of phenolic OH excluding ortho intramolecular Hbond substituents is 2. The summed E-state index contributed by atoms with van der Waals surface area (Å²) in [7, 11) is 1.46. The molecule has 4 N–H and O–H groups in total. The number of hydrogen-bond acceptors (Lipinski definition) is 5. The van der Waals surface area contributed by atoms with E-state index in [1.54, 1.807) is 30.3 Å². The average Bonchev–Trinajstić information content (AvgIpc) is 2.70. The summed E-state index contributed by atoms with van der Waals surface area (Å²) in [5, 5.41) is 24.3. The molecule has 0 atom stereocenters. The summed E-state index contributed by atoms with van der Waals surface area (Å²) in [6, 6.07) is 10.9. The Morgan fingerprint density at radius 3 is 2.36 bits per heavy atom. The molecule has 28 heavy (non-hydrogen) atoms. The molecule has 0 heterocycles. The van der Waals surface area contributed by atoms with Crippen molar-refractivity contribution in [2.24, 2.45) is 0 Å². The summed E-state index contributed by atoms with van der Waals surface area (Å²) in [5.41, 5.74) is 1.23. The quantitative estimate of drug-likeness (QED) is 0.392. The maximum absolute atomic E-state index is 11.9. The summed E-state index contributed by atoms with van der Waals surface area (Å²) in [6.45, 7) is 0.996. The van der Waals surface area contributed by atoms with Gasteiger partial charge in [-0.25, -0.2) is 0 Å². The number of carbonyl (C=O) groups excluding carboxylic acids is 2. The number of carbonyl (C=O) groups is 2. The van der Waals surface area contributed by atoms with Gasteiger partial charge in [-0.1, -0.05) is 6.07 Å². The fourth-order valence-electron chi connectivity index (χ4n) is 2.41. The molecule has 0 saturated heterocycles. The molecule has 0 fully saturated rings. The normalized spacial score (nSPS) is 10.6. The van der Waals surface area contributed by atoms with Gasteiger partial charge in [0, 0.05) is 24.7 Å². The number of benzene rings is 2. The Bertz CT molecular complexity index is 831. The minimum atomic E-state index is -0.222. The minimum Gasteiger partial charge on any atom is -0.508 e. The maximum atomic E-state index is 11.9. The molecule has 7 nitrogen and oxygen atoms in total. The number of rotatable bonds is 9. The number of ether oxygens (including phenoxy) is 1. The van der Waals surface area contributed by atoms with Crippen LogP contribution in [0.2, 0.25) is 0 Å². The number of amides is 2. The smallest absolute Gasteiger partial charge is 0.251 e. The van der Waals surface area contributed by atoms with Crippen molar-refractivity contribution in [1.82, 2.24) is 10.6 Å². The summed E-state index contributed by atoms with van der Waals surface area (Å²) in [5.74, 6) is 0.0841. The molecule has 7 heteroatoms. The zero-order valence-electron chi connectivity index (χ0n) is 15.6. The van der Waals surface area contributed by atoms with E-state index in [9.17, 15) is 19.8 Å². The van der Waals surface area contributed by atoms with E-state index in [0.717, 1.165) is 18.4 Å². The van der Waals surface area contributed by atoms with Crippen molar-refractivity contribution in [3.63, 3.8) is 0 Å². The van der Waals surface area contributed by atoms with Gasteiger partial charge in [-0.3, -0.25) is 9.59 Å². The Labute approximate surface area is 163 Å². The van der Waals surface area contributed by atoms with Crippen molar-refractivity contribution in [3.8, 4) is 17.2 Å². The highest BCUT2D eigenvalue weighted by molar-refractivity contribution is 5.94. The molecule has 0 aliphatic carbocycles. The van der Waals surface area contributed by atoms with Crippen molar-refractivity contribution in [1.29, 1.82) is 0 Å². The first-order chi connectivity index (χ1) is 13.5. The van der Waals surface area contributed by atoms with Crippen molar-refractivity contribution in [3.05, 3.63) is 59.7 Å². The van der Waals surface area contributed by atoms with Crippen molar-refractivity contribution in [2.75, 3.05) is 20.2 Å². The number of hydrogen-bond donors (Lipinski definition) is 4. The minimum absolute atomic E-state index is 0.0432. The molecule has 0 aliphatic heterocycles. The van der Waals surface area contributed by atoms with E-state index in [1.165, 1.54) is 31.4 Å². The third-order valence-corrected chi connectivity index (χ3v) is 3.95. The summed E-state index contributed by atoms with van der Waals surface area (Å²) < 4.78 is 5.02. The van der Waals surface area contributed by atoms with Crippen LogP contribution in [0.15, 0.2) is 48.5 Å². The molecular formula is C21H24N2O5. The van der Waals surface area contributed by atoms with Crippen molar-refractivity contribution >= 4 is 17.9 Å². The molecule has 0 bridgehead atoms. The van der Waals surface area contributed by atoms with Crippen LogP contribution in [0.25, 0.3) is 6.08 Å². The molecule has 0 aliphatic rings. The molecule has 148 valence electrons. The highest BCUT2D eigenvalue weighted by Crippen LogP contribution is 2.26. The van der Waals surface area contributed by atoms with Gasteiger partial charge in [-0.05, 0) is 60.9 Å². The number of unbranched alkanes of at least 4 members (excludes halogenated alkanes) is 1. The van der Waals surface area contributed by atoms with Gasteiger partial charge in [0.15, 0.2) is 11.5 Å². The monoisotopic (exact) mass is 384 g/mol. The molecule has 0 unspecified atom stereocenters. The third kappa shape index (κ3) is 6.68. The maximum Gasteiger partial charge on any atom is 0.251 e. The Morgan fingerprint density at radius 1 is 1.00 bits per heavy atom. The molecule has 0 aromatic heterocycles. The Hall–Kier alpha value is -3.48. The van der Waals surface area contributed by atoms with Crippen LogP contribution in [0, 0.1) is 0 Å². The van der Waals surface area contributed by atoms with Crippen molar-refractivity contribution in [2.45, 2.75) is 12.8 Å². The zero-order chi connectivity index (χ0) is 20.4. The molecular weight excluding hydrogens is 360 g/mol. The lowest BCUT2D eigenvalue weighted by molar-refractivity contribution is -0.116. The average molecular weight is 384 g/mol. The number of nitrogens with one attached hydrogen (secondary N) is 2. The lowest BCUT2D eigenvalue weighted by Crippen LogP contribution is -2.26. The number of methoxy groups -OCH3 is 1. The van der Waals surface area contributed by atoms with E-state index in [0.29, 0.717) is 24.4 Å². The molecule has 0 radical (unpaired) electrons. The second-order valence-corrected chi connectivity index (χ2v) is 6.07. The Kier molecular flexibility index (Phi) is 7.90. The summed E-state index contributed by atoms with van der Waals surface area (Å²) in [6.07, 6.45) is 4.50. The number of aromatic hydroxyl groups is 2. The van der Waals surface area contributed by atoms with Crippen LogP contribution in [0.1, 0.15) is 28.8 Å². The van der Waals surface area contributed by atoms with Crippen LogP contribution in [0.3, 0.4) is 0 Å². The zero-order valence-corrected chi connectivity index (χ0v) is 15.6. The van der Waals surface area contributed by atoms with Crippen LogP contribution in [-0.2, 0) is 4.79 Å². The topological polar surface area (TPSA) is 108 Å². The van der Waals surface area contributed by atoms with Gasteiger partial charge < -0.3 is 25.6 Å². The van der Waals surface area contributed by atoms with E-state index in [4.69, 9.17) is 4.74 Å². The molecule has 0 spiro atoms. The lowest BCUT2D eigenvalue weighted by atomic mass is 10.2. The van der Waals surface area contributed by atoms with E-state index < -0.39 is 0 Å².